The van der Waals surface area contributed by atoms with Crippen LogP contribution in [0.15, 0.2) is 18.2 Å². The molecule has 20 heavy (non-hydrogen) atoms. The molecule has 4 nitrogen and oxygen atoms in total. The minimum atomic E-state index is -0.263. The number of rotatable bonds is 6. The summed E-state index contributed by atoms with van der Waals surface area (Å²) in [6.45, 7) is 9.06. The van der Waals surface area contributed by atoms with E-state index in [9.17, 15) is 5.11 Å². The minimum absolute atomic E-state index is 0.0853. The Labute approximate surface area is 121 Å². The zero-order valence-electron chi connectivity index (χ0n) is 12.6. The van der Waals surface area contributed by atoms with Crippen molar-refractivity contribution in [3.63, 3.8) is 0 Å². The summed E-state index contributed by atoms with van der Waals surface area (Å²) in [7, 11) is 0. The summed E-state index contributed by atoms with van der Waals surface area (Å²) >= 11 is 0. The van der Waals surface area contributed by atoms with E-state index in [-0.39, 0.29) is 11.5 Å². The molecule has 1 aliphatic rings. The SMILES string of the molecule is CC(O)CC(C)(C)CNCc1ccc2c(c1)OCCO2. The van der Waals surface area contributed by atoms with E-state index in [1.54, 1.807) is 0 Å². The second kappa shape index (κ2) is 6.46. The third-order valence-electron chi connectivity index (χ3n) is 3.39. The predicted octanol–water partition coefficient (Wildman–Crippen LogP) is 2.34. The van der Waals surface area contributed by atoms with Crippen LogP contribution in [0.3, 0.4) is 0 Å². The first-order valence-corrected chi connectivity index (χ1v) is 7.24. The Balaban J connectivity index is 1.85. The largest absolute Gasteiger partial charge is 0.486 e. The lowest BCUT2D eigenvalue weighted by Gasteiger charge is -2.26. The first-order valence-electron chi connectivity index (χ1n) is 7.24. The van der Waals surface area contributed by atoms with Gasteiger partial charge in [0.1, 0.15) is 13.2 Å². The van der Waals surface area contributed by atoms with Crippen LogP contribution >= 0.6 is 0 Å². The number of hydrogen-bond donors (Lipinski definition) is 2. The molecule has 1 aromatic rings. The van der Waals surface area contributed by atoms with Gasteiger partial charge in [-0.15, -0.1) is 0 Å². The average Bonchev–Trinajstić information content (AvgIpc) is 2.37. The number of aliphatic hydroxyl groups is 1. The zero-order chi connectivity index (χ0) is 14.6. The molecule has 0 bridgehead atoms. The van der Waals surface area contributed by atoms with E-state index in [2.05, 4.69) is 25.2 Å². The maximum Gasteiger partial charge on any atom is 0.161 e. The van der Waals surface area contributed by atoms with E-state index in [1.807, 2.05) is 19.1 Å². The Bertz CT molecular complexity index is 443. The number of benzene rings is 1. The maximum absolute atomic E-state index is 9.48. The van der Waals surface area contributed by atoms with Gasteiger partial charge < -0.3 is 19.9 Å². The summed E-state index contributed by atoms with van der Waals surface area (Å²) in [6, 6.07) is 6.05. The molecular weight excluding hydrogens is 254 g/mol. The van der Waals surface area contributed by atoms with Crippen LogP contribution in [0.5, 0.6) is 11.5 Å². The Kier molecular flexibility index (Phi) is 4.89. The second-order valence-corrected chi connectivity index (χ2v) is 6.30. The van der Waals surface area contributed by atoms with Gasteiger partial charge in [0.15, 0.2) is 11.5 Å². The number of ether oxygens (including phenoxy) is 2. The standard InChI is InChI=1S/C16H25NO3/c1-12(18)9-16(2,3)11-17-10-13-4-5-14-15(8-13)20-7-6-19-14/h4-5,8,12,17-18H,6-7,9-11H2,1-3H3. The lowest BCUT2D eigenvalue weighted by molar-refractivity contribution is 0.128. The Morgan fingerprint density at radius 2 is 1.95 bits per heavy atom. The normalized spacial score (nSPS) is 16.0. The van der Waals surface area contributed by atoms with E-state index >= 15 is 0 Å². The van der Waals surface area contributed by atoms with Gasteiger partial charge in [0.25, 0.3) is 0 Å². The van der Waals surface area contributed by atoms with Crippen molar-refractivity contribution in [1.29, 1.82) is 0 Å². The molecule has 0 saturated heterocycles. The molecule has 0 spiro atoms. The smallest absolute Gasteiger partial charge is 0.161 e. The quantitative estimate of drug-likeness (QED) is 0.839. The number of hydrogen-bond acceptors (Lipinski definition) is 4. The molecule has 0 fully saturated rings. The molecule has 0 aliphatic carbocycles. The van der Waals surface area contributed by atoms with Gasteiger partial charge in [0.2, 0.25) is 0 Å². The third-order valence-corrected chi connectivity index (χ3v) is 3.39. The Morgan fingerprint density at radius 1 is 1.25 bits per heavy atom. The highest BCUT2D eigenvalue weighted by Crippen LogP contribution is 2.30. The van der Waals surface area contributed by atoms with Crippen LogP contribution in [0.25, 0.3) is 0 Å². The highest BCUT2D eigenvalue weighted by molar-refractivity contribution is 5.43. The van der Waals surface area contributed by atoms with Gasteiger partial charge >= 0.3 is 0 Å². The molecule has 1 heterocycles. The highest BCUT2D eigenvalue weighted by Gasteiger charge is 2.19. The molecule has 4 heteroatoms. The summed E-state index contributed by atoms with van der Waals surface area (Å²) in [5, 5.41) is 12.9. The highest BCUT2D eigenvalue weighted by atomic mass is 16.6. The molecule has 112 valence electrons. The molecule has 1 atom stereocenters. The fraction of sp³-hybridized carbons (Fsp3) is 0.625. The third kappa shape index (κ3) is 4.39. The zero-order valence-corrected chi connectivity index (χ0v) is 12.6. The van der Waals surface area contributed by atoms with Crippen molar-refractivity contribution in [2.24, 2.45) is 5.41 Å². The molecule has 0 amide bonds. The lowest BCUT2D eigenvalue weighted by Crippen LogP contribution is -2.31. The van der Waals surface area contributed by atoms with Gasteiger partial charge in [-0.05, 0) is 36.5 Å². The summed E-state index contributed by atoms with van der Waals surface area (Å²) in [5.74, 6) is 1.66. The van der Waals surface area contributed by atoms with Crippen LogP contribution in [-0.2, 0) is 6.54 Å². The van der Waals surface area contributed by atoms with Gasteiger partial charge in [-0.1, -0.05) is 19.9 Å². The van der Waals surface area contributed by atoms with E-state index < -0.39 is 0 Å². The topological polar surface area (TPSA) is 50.7 Å². The first kappa shape index (κ1) is 15.1. The van der Waals surface area contributed by atoms with E-state index in [4.69, 9.17) is 9.47 Å². The van der Waals surface area contributed by atoms with Crippen LogP contribution in [0.4, 0.5) is 0 Å². The minimum Gasteiger partial charge on any atom is -0.486 e. The first-order chi connectivity index (χ1) is 9.46. The van der Waals surface area contributed by atoms with Crippen LogP contribution in [0.1, 0.15) is 32.8 Å². The Hall–Kier alpha value is -1.26. The average molecular weight is 279 g/mol. The molecule has 1 aliphatic heterocycles. The molecular formula is C16H25NO3. The van der Waals surface area contributed by atoms with Crippen LogP contribution in [0, 0.1) is 5.41 Å². The molecule has 1 aromatic carbocycles. The van der Waals surface area contributed by atoms with Gasteiger partial charge in [-0.2, -0.15) is 0 Å². The Morgan fingerprint density at radius 3 is 2.65 bits per heavy atom. The van der Waals surface area contributed by atoms with Crippen molar-refractivity contribution < 1.29 is 14.6 Å². The number of nitrogens with one attached hydrogen (secondary N) is 1. The van der Waals surface area contributed by atoms with Gasteiger partial charge in [-0.25, -0.2) is 0 Å². The predicted molar refractivity (Wildman–Crippen MR) is 79.2 cm³/mol. The van der Waals surface area contributed by atoms with Crippen LogP contribution in [0.2, 0.25) is 0 Å². The molecule has 0 radical (unpaired) electrons. The second-order valence-electron chi connectivity index (χ2n) is 6.30. The summed E-state index contributed by atoms with van der Waals surface area (Å²) < 4.78 is 11.1. The van der Waals surface area contributed by atoms with Gasteiger partial charge in [0, 0.05) is 13.1 Å². The van der Waals surface area contributed by atoms with Crippen LogP contribution in [-0.4, -0.2) is 31.0 Å². The fourth-order valence-corrected chi connectivity index (χ4v) is 2.61. The molecule has 2 rings (SSSR count). The molecule has 1 unspecified atom stereocenters. The van der Waals surface area contributed by atoms with Crippen molar-refractivity contribution >= 4 is 0 Å². The summed E-state index contributed by atoms with van der Waals surface area (Å²) in [6.07, 6.45) is 0.530. The summed E-state index contributed by atoms with van der Waals surface area (Å²) in [4.78, 5) is 0. The monoisotopic (exact) mass is 279 g/mol. The van der Waals surface area contributed by atoms with E-state index in [0.717, 1.165) is 31.0 Å². The maximum atomic E-state index is 9.48. The van der Waals surface area contributed by atoms with Crippen LogP contribution < -0.4 is 14.8 Å². The lowest BCUT2D eigenvalue weighted by atomic mass is 9.87. The number of aliphatic hydroxyl groups excluding tert-OH is 1. The molecule has 0 saturated carbocycles. The number of fused-ring (bicyclic) bond motifs is 1. The van der Waals surface area contributed by atoms with E-state index in [1.165, 1.54) is 5.56 Å². The van der Waals surface area contributed by atoms with E-state index in [0.29, 0.717) is 13.2 Å². The van der Waals surface area contributed by atoms with Crippen molar-refractivity contribution in [3.05, 3.63) is 23.8 Å². The fourth-order valence-electron chi connectivity index (χ4n) is 2.61. The van der Waals surface area contributed by atoms with Gasteiger partial charge in [0.05, 0.1) is 6.10 Å². The van der Waals surface area contributed by atoms with Crippen molar-refractivity contribution in [2.45, 2.75) is 39.8 Å². The van der Waals surface area contributed by atoms with Gasteiger partial charge in [-0.3, -0.25) is 0 Å². The summed E-state index contributed by atoms with van der Waals surface area (Å²) in [5.41, 5.74) is 1.27. The molecule has 0 aromatic heterocycles. The molecule has 2 N–H and O–H groups in total. The van der Waals surface area contributed by atoms with Crippen molar-refractivity contribution in [1.82, 2.24) is 5.32 Å². The van der Waals surface area contributed by atoms with Crippen molar-refractivity contribution in [3.8, 4) is 11.5 Å². The van der Waals surface area contributed by atoms with Crippen molar-refractivity contribution in [2.75, 3.05) is 19.8 Å².